The first-order chi connectivity index (χ1) is 8.08. The molecule has 1 fully saturated rings. The summed E-state index contributed by atoms with van der Waals surface area (Å²) in [7, 11) is 0. The van der Waals surface area contributed by atoms with Crippen LogP contribution in [0.4, 0.5) is 5.69 Å². The van der Waals surface area contributed by atoms with Crippen molar-refractivity contribution in [2.75, 3.05) is 18.9 Å². The molecular weight excluding hydrogens is 288 g/mol. The van der Waals surface area contributed by atoms with Gasteiger partial charge in [0.2, 0.25) is 0 Å². The van der Waals surface area contributed by atoms with Crippen LogP contribution in [0.2, 0.25) is 0 Å². The molecule has 1 heterocycles. The van der Waals surface area contributed by atoms with E-state index in [4.69, 9.17) is 10.5 Å². The van der Waals surface area contributed by atoms with Crippen LogP contribution < -0.4 is 5.73 Å². The molecule has 0 bridgehead atoms. The Bertz CT molecular complexity index is 460. The lowest BCUT2D eigenvalue weighted by Crippen LogP contribution is -2.45. The molecule has 1 saturated heterocycles. The van der Waals surface area contributed by atoms with E-state index in [1.165, 1.54) is 4.90 Å². The van der Waals surface area contributed by atoms with Crippen molar-refractivity contribution in [2.45, 2.75) is 6.54 Å². The predicted molar refractivity (Wildman–Crippen MR) is 64.9 cm³/mol. The first-order valence-corrected chi connectivity index (χ1v) is 5.82. The molecule has 5 nitrogen and oxygen atoms in total. The lowest BCUT2D eigenvalue weighted by Gasteiger charge is -2.25. The third kappa shape index (κ3) is 2.65. The van der Waals surface area contributed by atoms with Gasteiger partial charge in [0.1, 0.15) is 13.2 Å². The molecule has 90 valence electrons. The number of carbonyl (C=O) groups excluding carboxylic acids is 2. The van der Waals surface area contributed by atoms with Gasteiger partial charge in [-0.15, -0.1) is 0 Å². The summed E-state index contributed by atoms with van der Waals surface area (Å²) in [6.45, 7) is 0.151. The van der Waals surface area contributed by atoms with Crippen molar-refractivity contribution in [2.24, 2.45) is 0 Å². The van der Waals surface area contributed by atoms with Crippen LogP contribution in [0.3, 0.4) is 0 Å². The summed E-state index contributed by atoms with van der Waals surface area (Å²) < 4.78 is 5.62. The van der Waals surface area contributed by atoms with E-state index in [9.17, 15) is 9.59 Å². The summed E-state index contributed by atoms with van der Waals surface area (Å²) in [6, 6.07) is 5.26. The second kappa shape index (κ2) is 4.85. The summed E-state index contributed by atoms with van der Waals surface area (Å²) in [4.78, 5) is 24.2. The quantitative estimate of drug-likeness (QED) is 0.651. The summed E-state index contributed by atoms with van der Waals surface area (Å²) >= 11 is 3.35. The zero-order valence-electron chi connectivity index (χ0n) is 8.98. The maximum absolute atomic E-state index is 11.5. The van der Waals surface area contributed by atoms with Gasteiger partial charge in [-0.1, -0.05) is 22.0 Å². The number of benzene rings is 1. The molecule has 0 spiro atoms. The van der Waals surface area contributed by atoms with Crippen LogP contribution in [0.15, 0.2) is 22.7 Å². The predicted octanol–water partition coefficient (Wildman–Crippen LogP) is 0.917. The number of ether oxygens (including phenoxy) is 1. The minimum atomic E-state index is -0.315. The van der Waals surface area contributed by atoms with E-state index in [0.29, 0.717) is 5.69 Å². The monoisotopic (exact) mass is 298 g/mol. The van der Waals surface area contributed by atoms with Crippen LogP contribution in [0.5, 0.6) is 0 Å². The third-order valence-electron chi connectivity index (χ3n) is 2.46. The van der Waals surface area contributed by atoms with Gasteiger partial charge in [0.05, 0.1) is 6.54 Å². The van der Waals surface area contributed by atoms with Crippen molar-refractivity contribution < 1.29 is 14.3 Å². The third-order valence-corrected chi connectivity index (χ3v) is 3.20. The van der Waals surface area contributed by atoms with Gasteiger partial charge >= 0.3 is 0 Å². The second-order valence-electron chi connectivity index (χ2n) is 3.72. The molecule has 2 amide bonds. The molecular formula is C11H11BrN2O3. The molecule has 17 heavy (non-hydrogen) atoms. The van der Waals surface area contributed by atoms with E-state index in [0.717, 1.165) is 10.0 Å². The van der Waals surface area contributed by atoms with Crippen molar-refractivity contribution in [3.05, 3.63) is 28.2 Å². The fraction of sp³-hybridized carbons (Fsp3) is 0.273. The summed E-state index contributed by atoms with van der Waals surface area (Å²) in [5.74, 6) is -0.630. The first-order valence-electron chi connectivity index (χ1n) is 5.03. The molecule has 6 heteroatoms. The first kappa shape index (κ1) is 12.1. The Morgan fingerprint density at radius 2 is 1.94 bits per heavy atom. The molecule has 0 saturated carbocycles. The van der Waals surface area contributed by atoms with Gasteiger partial charge in [0, 0.05) is 10.2 Å². The normalized spacial score (nSPS) is 16.4. The number of amides is 2. The summed E-state index contributed by atoms with van der Waals surface area (Å²) in [5.41, 5.74) is 7.08. The molecule has 0 unspecified atom stereocenters. The van der Waals surface area contributed by atoms with Gasteiger partial charge in [0.15, 0.2) is 0 Å². The Kier molecular flexibility index (Phi) is 3.44. The average molecular weight is 299 g/mol. The molecule has 0 aromatic heterocycles. The Labute approximate surface area is 107 Å². The lowest BCUT2D eigenvalue weighted by atomic mass is 10.2. The highest BCUT2D eigenvalue weighted by atomic mass is 79.9. The fourth-order valence-corrected chi connectivity index (χ4v) is 2.08. The minimum Gasteiger partial charge on any atom is -0.399 e. The number of rotatable bonds is 2. The number of nitrogens with zero attached hydrogens (tertiary/aromatic N) is 1. The van der Waals surface area contributed by atoms with E-state index < -0.39 is 0 Å². The number of nitrogens with two attached hydrogens (primary N) is 1. The van der Waals surface area contributed by atoms with Gasteiger partial charge in [0.25, 0.3) is 11.8 Å². The van der Waals surface area contributed by atoms with Crippen LogP contribution >= 0.6 is 15.9 Å². The van der Waals surface area contributed by atoms with E-state index >= 15 is 0 Å². The number of morpholine rings is 1. The van der Waals surface area contributed by atoms with Gasteiger partial charge in [-0.05, 0) is 17.7 Å². The number of anilines is 1. The van der Waals surface area contributed by atoms with E-state index in [1.807, 2.05) is 0 Å². The second-order valence-corrected chi connectivity index (χ2v) is 4.57. The zero-order chi connectivity index (χ0) is 12.4. The molecule has 0 radical (unpaired) electrons. The van der Waals surface area contributed by atoms with E-state index in [-0.39, 0.29) is 31.6 Å². The van der Waals surface area contributed by atoms with Crippen molar-refractivity contribution in [1.82, 2.24) is 4.90 Å². The van der Waals surface area contributed by atoms with Crippen LogP contribution in [0.25, 0.3) is 0 Å². The molecule has 1 aromatic rings. The molecule has 2 N–H and O–H groups in total. The summed E-state index contributed by atoms with van der Waals surface area (Å²) in [6.07, 6.45) is 0. The molecule has 1 aliphatic heterocycles. The number of hydrogen-bond acceptors (Lipinski definition) is 4. The maximum atomic E-state index is 11.5. The highest BCUT2D eigenvalue weighted by Gasteiger charge is 2.26. The topological polar surface area (TPSA) is 72.6 Å². The maximum Gasteiger partial charge on any atom is 0.255 e. The van der Waals surface area contributed by atoms with Gasteiger partial charge < -0.3 is 10.5 Å². The molecule has 0 aliphatic carbocycles. The van der Waals surface area contributed by atoms with E-state index in [2.05, 4.69) is 15.9 Å². The van der Waals surface area contributed by atoms with Crippen molar-refractivity contribution in [1.29, 1.82) is 0 Å². The van der Waals surface area contributed by atoms with Crippen LogP contribution in [0.1, 0.15) is 5.56 Å². The Morgan fingerprint density at radius 3 is 2.53 bits per heavy atom. The number of halogens is 1. The van der Waals surface area contributed by atoms with Crippen LogP contribution in [-0.4, -0.2) is 29.9 Å². The van der Waals surface area contributed by atoms with E-state index in [1.54, 1.807) is 18.2 Å². The zero-order valence-corrected chi connectivity index (χ0v) is 10.6. The van der Waals surface area contributed by atoms with Crippen molar-refractivity contribution >= 4 is 33.4 Å². The van der Waals surface area contributed by atoms with Crippen molar-refractivity contribution in [3.63, 3.8) is 0 Å². The molecule has 1 aliphatic rings. The highest BCUT2D eigenvalue weighted by Crippen LogP contribution is 2.22. The lowest BCUT2D eigenvalue weighted by molar-refractivity contribution is -0.159. The smallest absolute Gasteiger partial charge is 0.255 e. The standard InChI is InChI=1S/C11H11BrN2O3/c12-9-3-8(13)2-1-7(9)4-14-10(15)5-17-6-11(14)16/h1-3H,4-6,13H2. The van der Waals surface area contributed by atoms with Gasteiger partial charge in [-0.2, -0.15) is 0 Å². The number of nitrogen functional groups attached to an aromatic ring is 1. The minimum absolute atomic E-state index is 0.0433. The van der Waals surface area contributed by atoms with Gasteiger partial charge in [-0.3, -0.25) is 14.5 Å². The summed E-state index contributed by atoms with van der Waals surface area (Å²) in [5, 5.41) is 0. The molecule has 2 rings (SSSR count). The molecule has 1 aromatic carbocycles. The Balaban J connectivity index is 2.19. The van der Waals surface area contributed by atoms with Crippen LogP contribution in [0, 0.1) is 0 Å². The van der Waals surface area contributed by atoms with Crippen LogP contribution in [-0.2, 0) is 20.9 Å². The highest BCUT2D eigenvalue weighted by molar-refractivity contribution is 9.10. The van der Waals surface area contributed by atoms with Gasteiger partial charge in [-0.25, -0.2) is 0 Å². The Hall–Kier alpha value is -1.40. The number of imide groups is 1. The molecule has 0 atom stereocenters. The SMILES string of the molecule is Nc1ccc(CN2C(=O)COCC2=O)c(Br)c1. The van der Waals surface area contributed by atoms with Crippen molar-refractivity contribution in [3.8, 4) is 0 Å². The fourth-order valence-electron chi connectivity index (χ4n) is 1.56. The number of hydrogen-bond donors (Lipinski definition) is 1. The number of carbonyl (C=O) groups is 2. The Morgan fingerprint density at radius 1 is 1.29 bits per heavy atom. The largest absolute Gasteiger partial charge is 0.399 e. The average Bonchev–Trinajstić information content (AvgIpc) is 2.26.